The van der Waals surface area contributed by atoms with E-state index in [1.165, 1.54) is 76.7 Å². The molecule has 20 nitrogen and oxygen atoms in total. The van der Waals surface area contributed by atoms with Gasteiger partial charge in [0.15, 0.2) is 12.3 Å². The van der Waals surface area contributed by atoms with Crippen LogP contribution in [-0.4, -0.2) is 108 Å². The molecule has 77 heavy (non-hydrogen) atoms. The maximum atomic E-state index is 12.9. The van der Waals surface area contributed by atoms with Crippen LogP contribution in [-0.2, 0) is 46.3 Å². The molecule has 1 fully saturated rings. The number of aromatic nitrogens is 2. The van der Waals surface area contributed by atoms with Crippen LogP contribution in [0.15, 0.2) is 90.0 Å². The van der Waals surface area contributed by atoms with Crippen LogP contribution in [0.3, 0.4) is 0 Å². The molecule has 0 aromatic carbocycles. The molecule has 0 bridgehead atoms. The van der Waals surface area contributed by atoms with Crippen LogP contribution in [0.4, 0.5) is 5.82 Å². The third-order valence-electron chi connectivity index (χ3n) is 12.2. The number of phosphoric acid groups is 2. The van der Waals surface area contributed by atoms with E-state index >= 15 is 0 Å². The minimum atomic E-state index is -5.47. The Labute approximate surface area is 456 Å². The van der Waals surface area contributed by atoms with Crippen molar-refractivity contribution in [3.8, 4) is 0 Å². The van der Waals surface area contributed by atoms with Crippen LogP contribution < -0.4 is 11.4 Å². The molecule has 1 aromatic heterocycles. The lowest BCUT2D eigenvalue weighted by molar-refractivity contribution is -0.161. The average molecular weight is 1130 g/mol. The van der Waals surface area contributed by atoms with Gasteiger partial charge in [-0.05, 0) is 50.5 Å². The van der Waals surface area contributed by atoms with Crippen LogP contribution in [0.5, 0.6) is 0 Å². The molecule has 2 unspecified atom stereocenters. The number of nitrogens with two attached hydrogens (primary N) is 1. The number of anilines is 1. The van der Waals surface area contributed by atoms with Gasteiger partial charge in [0.1, 0.15) is 30.7 Å². The molecule has 1 saturated heterocycles. The number of nitrogens with zero attached hydrogens (tertiary/aromatic N) is 2. The van der Waals surface area contributed by atoms with E-state index in [4.69, 9.17) is 29.0 Å². The largest absolute Gasteiger partial charge is 0.481 e. The summed E-state index contributed by atoms with van der Waals surface area (Å²) in [5.41, 5.74) is 4.57. The Morgan fingerprint density at radius 3 is 1.84 bits per heavy atom. The minimum Gasteiger partial charge on any atom is -0.462 e. The SMILES string of the molecule is CC/C=C\C[C@H](O)/C=C/C=C\C=C\[C@H](O)C/C=C\C/C=C\CCC(=O)O[C@H](COC(=O)CCCCCCCCCCCCCCCCCC(C)C)COP(=O)(O)OP(=O)(O)OC[C@H]1O[C@@H](n2ccc(N)nc2=O)[C@H](O)[C@@H]1O. The van der Waals surface area contributed by atoms with E-state index in [-0.39, 0.29) is 25.1 Å². The van der Waals surface area contributed by atoms with Crippen molar-refractivity contribution in [1.29, 1.82) is 0 Å². The normalized spacial score (nSPS) is 20.1. The van der Waals surface area contributed by atoms with Gasteiger partial charge in [-0.2, -0.15) is 9.29 Å². The molecule has 1 aliphatic heterocycles. The molecule has 22 heteroatoms. The van der Waals surface area contributed by atoms with E-state index in [2.05, 4.69) is 23.1 Å². The van der Waals surface area contributed by atoms with Gasteiger partial charge in [0.25, 0.3) is 0 Å². The fraction of sp³-hybridized carbons (Fsp3) is 0.673. The van der Waals surface area contributed by atoms with E-state index < -0.39 is 95.9 Å². The summed E-state index contributed by atoms with van der Waals surface area (Å²) < 4.78 is 56.7. The molecule has 0 radical (unpaired) electrons. The van der Waals surface area contributed by atoms with E-state index in [9.17, 15) is 53.7 Å². The Kier molecular flexibility index (Phi) is 37.0. The molecular formula is C55H91N3O17P2. The molecule has 2 rings (SSSR count). The van der Waals surface area contributed by atoms with Gasteiger partial charge < -0.3 is 50.2 Å². The topological polar surface area (TPSA) is 306 Å². The fourth-order valence-electron chi connectivity index (χ4n) is 7.88. The molecule has 1 aromatic rings. The number of hydrogen-bond acceptors (Lipinski definition) is 17. The number of hydrogen-bond donors (Lipinski definition) is 7. The third kappa shape index (κ3) is 34.7. The highest BCUT2D eigenvalue weighted by Gasteiger charge is 2.46. The molecular weight excluding hydrogens is 1040 g/mol. The second kappa shape index (κ2) is 41.2. The van der Waals surface area contributed by atoms with Crippen LogP contribution >= 0.6 is 15.6 Å². The Morgan fingerprint density at radius 2 is 1.27 bits per heavy atom. The van der Waals surface area contributed by atoms with Crippen molar-refractivity contribution in [1.82, 2.24) is 9.55 Å². The van der Waals surface area contributed by atoms with E-state index in [0.29, 0.717) is 25.7 Å². The monoisotopic (exact) mass is 1130 g/mol. The molecule has 0 amide bonds. The number of phosphoric ester groups is 2. The van der Waals surface area contributed by atoms with Crippen LogP contribution in [0, 0.1) is 5.92 Å². The Balaban J connectivity index is 1.83. The summed E-state index contributed by atoms with van der Waals surface area (Å²) in [5.74, 6) is -0.681. The highest BCUT2D eigenvalue weighted by Crippen LogP contribution is 2.60. The molecule has 8 N–H and O–H groups in total. The van der Waals surface area contributed by atoms with Gasteiger partial charge >= 0.3 is 33.3 Å². The lowest BCUT2D eigenvalue weighted by atomic mass is 10.0. The third-order valence-corrected chi connectivity index (χ3v) is 14.8. The number of rotatable bonds is 44. The number of esters is 2. The van der Waals surface area contributed by atoms with Crippen molar-refractivity contribution in [3.63, 3.8) is 0 Å². The first kappa shape index (κ1) is 69.2. The number of carbonyl (C=O) groups is 2. The van der Waals surface area contributed by atoms with Crippen molar-refractivity contribution in [3.05, 3.63) is 95.7 Å². The smallest absolute Gasteiger partial charge is 0.462 e. The lowest BCUT2D eigenvalue weighted by Gasteiger charge is -2.21. The highest BCUT2D eigenvalue weighted by molar-refractivity contribution is 7.61. The summed E-state index contributed by atoms with van der Waals surface area (Å²) >= 11 is 0. The zero-order valence-corrected chi connectivity index (χ0v) is 47.4. The van der Waals surface area contributed by atoms with E-state index in [1.54, 1.807) is 42.5 Å². The summed E-state index contributed by atoms with van der Waals surface area (Å²) in [5, 5.41) is 41.0. The first-order valence-corrected chi connectivity index (χ1v) is 30.5. The first-order chi connectivity index (χ1) is 36.8. The van der Waals surface area contributed by atoms with Crippen molar-refractivity contribution < 1.29 is 76.5 Å². The molecule has 0 saturated carbocycles. The number of aliphatic hydroxyl groups excluding tert-OH is 4. The van der Waals surface area contributed by atoms with Crippen LogP contribution in [0.25, 0.3) is 0 Å². The van der Waals surface area contributed by atoms with Crippen molar-refractivity contribution in [2.45, 2.75) is 211 Å². The van der Waals surface area contributed by atoms with E-state index in [0.717, 1.165) is 48.8 Å². The standard InChI is InChI=1S/C55H91N3O17P2/c1-4-5-25-33-45(59)35-28-23-24-29-36-46(60)34-27-20-17-18-22-31-38-51(62)73-47(41-70-50(61)37-30-21-16-14-12-10-8-6-7-9-11-13-15-19-26-32-44(2)3)42-71-76(66,67)75-77(68,69)72-43-48-52(63)53(64)54(74-48)58-40-39-49(56)57-55(58)65/h5,18,20,22-25,27-29,35-36,39-40,44-48,52-54,59-60,63-64H,4,6-17,19,21,26,30-34,37-38,41-43H2,1-3H3,(H,66,67)(H,68,69)(H2,56,57,65)/b22-18-,24-23-,25-5-,27-20-,35-28+,36-29+/t45-,46+,47+,48+,52+,53+,54+/m0/s1. The molecule has 9 atom stereocenters. The summed E-state index contributed by atoms with van der Waals surface area (Å²) in [6, 6.07) is 1.24. The Bertz CT molecular complexity index is 2130. The highest BCUT2D eigenvalue weighted by atomic mass is 31.3. The quantitative estimate of drug-likeness (QED) is 0.0105. The predicted octanol–water partition coefficient (Wildman–Crippen LogP) is 9.86. The number of aliphatic hydroxyl groups is 4. The second-order valence-corrected chi connectivity index (χ2v) is 22.6. The maximum absolute atomic E-state index is 12.9. The number of unbranched alkanes of at least 4 members (excludes halogenated alkanes) is 14. The van der Waals surface area contributed by atoms with E-state index in [1.807, 2.05) is 37.3 Å². The molecule has 0 spiro atoms. The van der Waals surface area contributed by atoms with Crippen molar-refractivity contribution >= 4 is 33.4 Å². The van der Waals surface area contributed by atoms with Crippen molar-refractivity contribution in [2.24, 2.45) is 5.92 Å². The first-order valence-electron chi connectivity index (χ1n) is 27.5. The lowest BCUT2D eigenvalue weighted by Crippen LogP contribution is -2.36. The summed E-state index contributed by atoms with van der Waals surface area (Å²) in [6.07, 6.45) is 34.8. The predicted molar refractivity (Wildman–Crippen MR) is 296 cm³/mol. The number of nitrogen functional groups attached to an aromatic ring is 1. The molecule has 2 heterocycles. The Hall–Kier alpha value is -3.88. The van der Waals surface area contributed by atoms with Gasteiger partial charge in [-0.3, -0.25) is 23.2 Å². The Morgan fingerprint density at radius 1 is 0.727 bits per heavy atom. The number of ether oxygens (including phenoxy) is 3. The zero-order chi connectivity index (χ0) is 56.7. The minimum absolute atomic E-state index is 0.0883. The van der Waals surface area contributed by atoms with Gasteiger partial charge in [-0.1, -0.05) is 190 Å². The van der Waals surface area contributed by atoms with Gasteiger partial charge in [-0.25, -0.2) is 13.9 Å². The number of allylic oxidation sites excluding steroid dienone is 8. The van der Waals surface area contributed by atoms with Crippen LogP contribution in [0.1, 0.15) is 175 Å². The van der Waals surface area contributed by atoms with Crippen molar-refractivity contribution in [2.75, 3.05) is 25.6 Å². The summed E-state index contributed by atoms with van der Waals surface area (Å²) in [4.78, 5) is 62.0. The second-order valence-electron chi connectivity index (χ2n) is 19.6. The van der Waals surface area contributed by atoms with Gasteiger partial charge in [-0.15, -0.1) is 0 Å². The summed E-state index contributed by atoms with van der Waals surface area (Å²) in [7, 11) is -10.9. The molecule has 0 aliphatic carbocycles. The molecule has 438 valence electrons. The zero-order valence-electron chi connectivity index (χ0n) is 45.6. The maximum Gasteiger partial charge on any atom is 0.481 e. The summed E-state index contributed by atoms with van der Waals surface area (Å²) in [6.45, 7) is 4.14. The fourth-order valence-corrected chi connectivity index (χ4v) is 9.99. The van der Waals surface area contributed by atoms with Gasteiger partial charge in [0, 0.05) is 19.0 Å². The molecule has 1 aliphatic rings. The van der Waals surface area contributed by atoms with Gasteiger partial charge in [0.05, 0.1) is 25.4 Å². The van der Waals surface area contributed by atoms with Gasteiger partial charge in [0.2, 0.25) is 0 Å². The average Bonchev–Trinajstić information content (AvgIpc) is 3.66. The number of carbonyl (C=O) groups excluding carboxylic acids is 2. The van der Waals surface area contributed by atoms with Crippen LogP contribution in [0.2, 0.25) is 0 Å².